The van der Waals surface area contributed by atoms with E-state index in [1.54, 1.807) is 24.3 Å². The molecule has 0 spiro atoms. The van der Waals surface area contributed by atoms with Crippen molar-refractivity contribution in [1.29, 1.82) is 0 Å². The van der Waals surface area contributed by atoms with Crippen LogP contribution < -0.4 is 10.2 Å². The summed E-state index contributed by atoms with van der Waals surface area (Å²) < 4.78 is 0. The summed E-state index contributed by atoms with van der Waals surface area (Å²) in [6.45, 7) is 0. The number of para-hydroxylation sites is 2. The monoisotopic (exact) mass is 300 g/mol. The Hall–Kier alpha value is -2.13. The third-order valence-corrected chi connectivity index (χ3v) is 2.09. The molecule has 5 heteroatoms. The first-order valence-electron chi connectivity index (χ1n) is 5.11. The van der Waals surface area contributed by atoms with Crippen molar-refractivity contribution in [2.24, 2.45) is 0 Å². The summed E-state index contributed by atoms with van der Waals surface area (Å²) in [7, 11) is 0. The molecule has 0 unspecified atom stereocenters. The van der Waals surface area contributed by atoms with Crippen LogP contribution in [0.5, 0.6) is 11.5 Å². The van der Waals surface area contributed by atoms with E-state index in [1.165, 1.54) is 24.3 Å². The molecule has 0 aliphatic heterocycles. The summed E-state index contributed by atoms with van der Waals surface area (Å²) >= 11 is 0. The molecule has 0 saturated heterocycles. The average molecular weight is 301 g/mol. The summed E-state index contributed by atoms with van der Waals surface area (Å²) in [5.41, 5.74) is 0.440. The molecule has 0 aliphatic rings. The van der Waals surface area contributed by atoms with Crippen molar-refractivity contribution in [3.05, 3.63) is 59.7 Å². The topological polar surface area (TPSA) is 80.3 Å². The van der Waals surface area contributed by atoms with Crippen LogP contribution in [0, 0.1) is 0 Å². The van der Waals surface area contributed by atoms with Gasteiger partial charge in [0.05, 0.1) is 0 Å². The van der Waals surface area contributed by atoms with Crippen molar-refractivity contribution in [1.82, 2.24) is 0 Å². The van der Waals surface area contributed by atoms with Gasteiger partial charge in [0.2, 0.25) is 0 Å². The van der Waals surface area contributed by atoms with Crippen LogP contribution in [-0.2, 0) is 16.5 Å². The van der Waals surface area contributed by atoms with Crippen LogP contribution in [0.15, 0.2) is 48.5 Å². The Morgan fingerprint density at radius 1 is 0.684 bits per heavy atom. The van der Waals surface area contributed by atoms with Crippen LogP contribution >= 0.6 is 0 Å². The van der Waals surface area contributed by atoms with Crippen molar-refractivity contribution in [3.8, 4) is 11.5 Å². The predicted octanol–water partition coefficient (Wildman–Crippen LogP) is 1.14. The predicted molar refractivity (Wildman–Crippen MR) is 62.6 cm³/mol. The van der Waals surface area contributed by atoms with E-state index < -0.39 is 0 Å². The Morgan fingerprint density at radius 2 is 1.00 bits per heavy atom. The normalized spacial score (nSPS) is 8.42. The van der Waals surface area contributed by atoms with Gasteiger partial charge in [-0.1, -0.05) is 60.0 Å². The number of hydrogen-bond donors (Lipinski definition) is 0. The van der Waals surface area contributed by atoms with E-state index in [4.69, 9.17) is 0 Å². The SMILES string of the molecule is O=Cc1ccccc1[O-].O=Cc1ccccc1[O-].[Ni+2]. The van der Waals surface area contributed by atoms with Gasteiger partial charge in [0, 0.05) is 11.1 Å². The number of hydrogen-bond acceptors (Lipinski definition) is 4. The molecular formula is C14H10NiO4. The molecule has 0 radical (unpaired) electrons. The minimum absolute atomic E-state index is 0. The van der Waals surface area contributed by atoms with Gasteiger partial charge in [0.15, 0.2) is 0 Å². The molecule has 2 aromatic rings. The smallest absolute Gasteiger partial charge is 0.872 e. The third kappa shape index (κ3) is 5.36. The van der Waals surface area contributed by atoms with Crippen LogP contribution in [0.1, 0.15) is 20.7 Å². The molecule has 2 aromatic carbocycles. The quantitative estimate of drug-likeness (QED) is 0.615. The maximum absolute atomic E-state index is 10.6. The largest absolute Gasteiger partial charge is 2.00 e. The second-order valence-electron chi connectivity index (χ2n) is 3.31. The van der Waals surface area contributed by atoms with Crippen LogP contribution in [0.4, 0.5) is 0 Å². The summed E-state index contributed by atoms with van der Waals surface area (Å²) in [6, 6.07) is 12.2. The van der Waals surface area contributed by atoms with Gasteiger partial charge in [0.25, 0.3) is 0 Å². The van der Waals surface area contributed by atoms with Gasteiger partial charge >= 0.3 is 16.5 Å². The van der Waals surface area contributed by atoms with Crippen molar-refractivity contribution in [3.63, 3.8) is 0 Å². The van der Waals surface area contributed by atoms with Gasteiger partial charge in [-0.3, -0.25) is 9.59 Å². The van der Waals surface area contributed by atoms with E-state index in [2.05, 4.69) is 0 Å². The maximum Gasteiger partial charge on any atom is 2.00 e. The molecule has 0 aromatic heterocycles. The zero-order chi connectivity index (χ0) is 13.4. The summed E-state index contributed by atoms with van der Waals surface area (Å²) in [4.78, 5) is 20.1. The number of benzene rings is 2. The summed E-state index contributed by atoms with van der Waals surface area (Å²) in [6.07, 6.45) is 1.12. The van der Waals surface area contributed by atoms with E-state index in [0.717, 1.165) is 0 Å². The molecule has 2 rings (SSSR count). The van der Waals surface area contributed by atoms with Gasteiger partial charge in [-0.2, -0.15) is 0 Å². The fourth-order valence-corrected chi connectivity index (χ4v) is 1.16. The molecular weight excluding hydrogens is 291 g/mol. The Bertz CT molecular complexity index is 491. The van der Waals surface area contributed by atoms with Crippen molar-refractivity contribution >= 4 is 12.6 Å². The molecule has 0 aliphatic carbocycles. The average Bonchev–Trinajstić information content (AvgIpc) is 2.41. The Morgan fingerprint density at radius 3 is 1.21 bits per heavy atom. The number of rotatable bonds is 2. The number of aldehydes is 2. The molecule has 0 atom stereocenters. The molecule has 0 bridgehead atoms. The van der Waals surface area contributed by atoms with Crippen LogP contribution in [0.3, 0.4) is 0 Å². The number of carbonyl (C=O) groups is 2. The van der Waals surface area contributed by atoms with Gasteiger partial charge < -0.3 is 10.2 Å². The van der Waals surface area contributed by atoms with Crippen molar-refractivity contribution in [2.75, 3.05) is 0 Å². The summed E-state index contributed by atoms with van der Waals surface area (Å²) in [5, 5.41) is 21.2. The fraction of sp³-hybridized carbons (Fsp3) is 0. The molecule has 0 amide bonds. The van der Waals surface area contributed by atoms with Crippen LogP contribution in [-0.4, -0.2) is 12.6 Å². The van der Waals surface area contributed by atoms with Crippen LogP contribution in [0.2, 0.25) is 0 Å². The first-order chi connectivity index (χ1) is 8.69. The molecule has 0 heterocycles. The minimum atomic E-state index is -0.215. The van der Waals surface area contributed by atoms with E-state index >= 15 is 0 Å². The van der Waals surface area contributed by atoms with Gasteiger partial charge in [-0.15, -0.1) is 0 Å². The molecule has 4 nitrogen and oxygen atoms in total. The van der Waals surface area contributed by atoms with E-state index in [0.29, 0.717) is 12.6 Å². The molecule has 0 fully saturated rings. The van der Waals surface area contributed by atoms with Crippen LogP contribution in [0.25, 0.3) is 0 Å². The molecule has 0 saturated carbocycles. The zero-order valence-electron chi connectivity index (χ0n) is 9.72. The number of carbonyl (C=O) groups excluding carboxylic acids is 2. The van der Waals surface area contributed by atoms with E-state index in [1.807, 2.05) is 0 Å². The second kappa shape index (κ2) is 8.89. The van der Waals surface area contributed by atoms with E-state index in [9.17, 15) is 19.8 Å². The maximum atomic E-state index is 10.6. The molecule has 100 valence electrons. The van der Waals surface area contributed by atoms with E-state index in [-0.39, 0.29) is 39.1 Å². The standard InChI is InChI=1S/2C7H6O2.Ni/c2*8-5-6-3-1-2-4-7(6)9;/h2*1-5,9H;/q;;+2/p-2. The van der Waals surface area contributed by atoms with Crippen molar-refractivity contribution < 1.29 is 36.3 Å². The van der Waals surface area contributed by atoms with Crippen molar-refractivity contribution in [2.45, 2.75) is 0 Å². The Labute approximate surface area is 120 Å². The first-order valence-corrected chi connectivity index (χ1v) is 5.11. The van der Waals surface area contributed by atoms with Gasteiger partial charge in [-0.25, -0.2) is 0 Å². The Balaban J connectivity index is 0.000000324. The third-order valence-electron chi connectivity index (χ3n) is 2.09. The summed E-state index contributed by atoms with van der Waals surface area (Å²) in [5.74, 6) is -0.431. The minimum Gasteiger partial charge on any atom is -0.872 e. The van der Waals surface area contributed by atoms with Gasteiger partial charge in [-0.05, 0) is 0 Å². The second-order valence-corrected chi connectivity index (χ2v) is 3.31. The first kappa shape index (κ1) is 16.9. The Kier molecular flexibility index (Phi) is 7.90. The molecule has 0 N–H and O–H groups in total. The fourth-order valence-electron chi connectivity index (χ4n) is 1.16. The zero-order valence-corrected chi connectivity index (χ0v) is 10.7. The molecule has 19 heavy (non-hydrogen) atoms. The van der Waals surface area contributed by atoms with Gasteiger partial charge in [0.1, 0.15) is 12.6 Å².